The average Bonchev–Trinajstić information content (AvgIpc) is 3.18. The number of rotatable bonds is 34. The third-order valence-electron chi connectivity index (χ3n) is 11.8. The summed E-state index contributed by atoms with van der Waals surface area (Å²) >= 11 is 0. The van der Waals surface area contributed by atoms with Crippen LogP contribution in [-0.2, 0) is 0 Å². The second-order valence-corrected chi connectivity index (χ2v) is 18.9. The maximum absolute atomic E-state index is 9.00. The smallest absolute Gasteiger partial charge is 0.0614 e. The largest absolute Gasteiger partial charge is 0.392 e. The van der Waals surface area contributed by atoms with E-state index in [1.165, 1.54) is 131 Å². The molecule has 0 bridgehead atoms. The van der Waals surface area contributed by atoms with Gasteiger partial charge in [0.2, 0.25) is 0 Å². The third kappa shape index (κ3) is 39.4. The summed E-state index contributed by atoms with van der Waals surface area (Å²) in [5.74, 6) is 0. The van der Waals surface area contributed by atoms with Gasteiger partial charge in [0.05, 0.1) is 6.61 Å². The van der Waals surface area contributed by atoms with Gasteiger partial charge in [0.15, 0.2) is 0 Å². The first kappa shape index (κ1) is 57.8. The van der Waals surface area contributed by atoms with Crippen LogP contribution >= 0.6 is 0 Å². The van der Waals surface area contributed by atoms with Crippen LogP contribution in [0.1, 0.15) is 231 Å². The lowest BCUT2D eigenvalue weighted by Gasteiger charge is -2.04. The highest BCUT2D eigenvalue weighted by atomic mass is 16.2. The lowest BCUT2D eigenvalue weighted by atomic mass is 10.0. The Morgan fingerprint density at radius 3 is 0.475 bits per heavy atom. The first-order valence-electron chi connectivity index (χ1n) is 24.6. The van der Waals surface area contributed by atoms with Crippen molar-refractivity contribution >= 4 is 0 Å². The van der Waals surface area contributed by atoms with E-state index >= 15 is 0 Å². The fourth-order valence-electron chi connectivity index (χ4n) is 7.33. The number of aliphatic hydroxyl groups is 1. The van der Waals surface area contributed by atoms with Crippen LogP contribution in [0.2, 0.25) is 0 Å². The first-order chi connectivity index (χ1) is 29.1. The molecule has 61 heavy (non-hydrogen) atoms. The van der Waals surface area contributed by atoms with Gasteiger partial charge in [0.25, 0.3) is 0 Å². The highest BCUT2D eigenvalue weighted by molar-refractivity contribution is 5.12. The van der Waals surface area contributed by atoms with Crippen molar-refractivity contribution < 1.29 is 5.11 Å². The fraction of sp³-hybridized carbons (Fsp3) is 0.600. The average molecular weight is 835 g/mol. The summed E-state index contributed by atoms with van der Waals surface area (Å²) in [5.41, 5.74) is 17.9. The van der Waals surface area contributed by atoms with Crippen molar-refractivity contribution in [2.75, 3.05) is 6.61 Å². The standard InChI is InChI=1S/C60H98O/c1-49(2)25-14-26-50(3)27-15-28-51(4)29-16-30-52(5)31-17-32-53(6)33-18-34-54(7)35-19-36-55(8)37-20-38-56(9)39-21-40-57(10)41-22-42-58(11)43-23-44-59(12)45-24-46-60(13)47-48-61/h25,27,29,31,33,35,37,39,41,43,45,47,61H,14-24,26,28,30,32,34,36,38,40,42,44,46,48H2,1-13H3/b50-27+,51-29+,52-31+,53-33+,54-35+,55-37+,56-39+,57-41-,58-43-,59-45+,60-47+. The number of aliphatic hydroxyl groups excluding tert-OH is 1. The zero-order chi connectivity index (χ0) is 45.7. The molecule has 0 aliphatic heterocycles. The molecule has 0 unspecified atom stereocenters. The number of hydrogen-bond donors (Lipinski definition) is 1. The summed E-state index contributed by atoms with van der Waals surface area (Å²) < 4.78 is 0. The molecule has 0 aromatic rings. The van der Waals surface area contributed by atoms with E-state index < -0.39 is 0 Å². The molecule has 0 amide bonds. The summed E-state index contributed by atoms with van der Waals surface area (Å²) in [6.45, 7) is 29.6. The van der Waals surface area contributed by atoms with Crippen molar-refractivity contribution in [2.24, 2.45) is 0 Å². The molecule has 1 N–H and O–H groups in total. The van der Waals surface area contributed by atoms with E-state index in [4.69, 9.17) is 5.11 Å². The molecule has 0 aliphatic carbocycles. The van der Waals surface area contributed by atoms with Crippen molar-refractivity contribution in [2.45, 2.75) is 231 Å². The van der Waals surface area contributed by atoms with E-state index in [0.717, 1.165) is 77.0 Å². The molecule has 344 valence electrons. The zero-order valence-electron chi connectivity index (χ0n) is 42.6. The molecule has 0 saturated carbocycles. The molecule has 0 atom stereocenters. The van der Waals surface area contributed by atoms with Gasteiger partial charge in [0, 0.05) is 0 Å². The molecular weight excluding hydrogens is 737 g/mol. The van der Waals surface area contributed by atoms with Crippen molar-refractivity contribution in [3.63, 3.8) is 0 Å². The van der Waals surface area contributed by atoms with E-state index in [2.05, 4.69) is 157 Å². The van der Waals surface area contributed by atoms with Crippen LogP contribution in [0, 0.1) is 0 Å². The van der Waals surface area contributed by atoms with Crippen LogP contribution in [0.4, 0.5) is 0 Å². The molecule has 0 radical (unpaired) electrons. The summed E-state index contributed by atoms with van der Waals surface area (Å²) in [6.07, 6.45) is 54.1. The minimum atomic E-state index is 0.149. The van der Waals surface area contributed by atoms with Crippen LogP contribution in [-0.4, -0.2) is 11.7 Å². The van der Waals surface area contributed by atoms with Gasteiger partial charge >= 0.3 is 0 Å². The van der Waals surface area contributed by atoms with Gasteiger partial charge in [0.1, 0.15) is 0 Å². The molecule has 0 heterocycles. The Morgan fingerprint density at radius 2 is 0.344 bits per heavy atom. The maximum Gasteiger partial charge on any atom is 0.0614 e. The second-order valence-electron chi connectivity index (χ2n) is 18.9. The fourth-order valence-corrected chi connectivity index (χ4v) is 7.33. The molecule has 1 heteroatoms. The normalized spacial score (nSPS) is 15.0. The minimum absolute atomic E-state index is 0.149. The Kier molecular flexibility index (Phi) is 36.5. The Morgan fingerprint density at radius 1 is 0.213 bits per heavy atom. The van der Waals surface area contributed by atoms with Crippen LogP contribution in [0.3, 0.4) is 0 Å². The molecule has 0 aromatic carbocycles. The SMILES string of the molecule is CC(C)=CCC/C(C)=C/CC/C(C)=C/CC/C(C)=C/CC/C(C)=C/CC/C(C)=C/CC/C(C)=C/CC/C(C)=C/CC/C(C)=C\CC/C(C)=C\CC/C(C)=C/CC/C(C)=C/CO. The summed E-state index contributed by atoms with van der Waals surface area (Å²) in [4.78, 5) is 0. The summed E-state index contributed by atoms with van der Waals surface area (Å²) in [7, 11) is 0. The number of hydrogen-bond acceptors (Lipinski definition) is 1. The van der Waals surface area contributed by atoms with Crippen LogP contribution in [0.15, 0.2) is 140 Å². The number of allylic oxidation sites excluding steroid dienone is 23. The van der Waals surface area contributed by atoms with Crippen molar-refractivity contribution in [3.05, 3.63) is 140 Å². The lowest BCUT2D eigenvalue weighted by Crippen LogP contribution is -1.84. The molecule has 0 aromatic heterocycles. The topological polar surface area (TPSA) is 20.2 Å². The van der Waals surface area contributed by atoms with Crippen molar-refractivity contribution in [1.82, 2.24) is 0 Å². The van der Waals surface area contributed by atoms with E-state index in [1.807, 2.05) is 6.08 Å². The van der Waals surface area contributed by atoms with Crippen LogP contribution < -0.4 is 0 Å². The maximum atomic E-state index is 9.00. The van der Waals surface area contributed by atoms with E-state index in [1.54, 1.807) is 0 Å². The Labute approximate surface area is 381 Å². The third-order valence-corrected chi connectivity index (χ3v) is 11.8. The van der Waals surface area contributed by atoms with Crippen molar-refractivity contribution in [1.29, 1.82) is 0 Å². The van der Waals surface area contributed by atoms with Gasteiger partial charge in [-0.25, -0.2) is 0 Å². The molecule has 0 saturated heterocycles. The van der Waals surface area contributed by atoms with Gasteiger partial charge in [-0.05, 0) is 231 Å². The molecular formula is C60H98O. The van der Waals surface area contributed by atoms with E-state index in [-0.39, 0.29) is 6.61 Å². The van der Waals surface area contributed by atoms with E-state index in [0.29, 0.717) is 0 Å². The molecule has 0 rings (SSSR count). The van der Waals surface area contributed by atoms with Crippen LogP contribution in [0.25, 0.3) is 0 Å². The monoisotopic (exact) mass is 835 g/mol. The molecule has 1 nitrogen and oxygen atoms in total. The van der Waals surface area contributed by atoms with Crippen molar-refractivity contribution in [3.8, 4) is 0 Å². The van der Waals surface area contributed by atoms with Gasteiger partial charge < -0.3 is 5.11 Å². The predicted octanol–water partition coefficient (Wildman–Crippen LogP) is 19.9. The Balaban J connectivity index is 4.28. The molecule has 0 fully saturated rings. The zero-order valence-corrected chi connectivity index (χ0v) is 42.6. The lowest BCUT2D eigenvalue weighted by molar-refractivity contribution is 0.341. The highest BCUT2D eigenvalue weighted by Gasteiger charge is 1.99. The second kappa shape index (κ2) is 38.5. The minimum Gasteiger partial charge on any atom is -0.392 e. The van der Waals surface area contributed by atoms with Gasteiger partial charge in [-0.2, -0.15) is 0 Å². The molecule has 0 aliphatic rings. The van der Waals surface area contributed by atoms with Gasteiger partial charge in [-0.1, -0.05) is 140 Å². The highest BCUT2D eigenvalue weighted by Crippen LogP contribution is 2.19. The van der Waals surface area contributed by atoms with Crippen LogP contribution in [0.5, 0.6) is 0 Å². The Hall–Kier alpha value is -3.16. The summed E-state index contributed by atoms with van der Waals surface area (Å²) in [6, 6.07) is 0. The quantitative estimate of drug-likeness (QED) is 0.0640. The van der Waals surface area contributed by atoms with E-state index in [9.17, 15) is 0 Å². The molecule has 0 spiro atoms. The Bertz CT molecular complexity index is 1570. The van der Waals surface area contributed by atoms with Gasteiger partial charge in [-0.15, -0.1) is 0 Å². The summed E-state index contributed by atoms with van der Waals surface area (Å²) in [5, 5.41) is 9.00. The van der Waals surface area contributed by atoms with Gasteiger partial charge in [-0.3, -0.25) is 0 Å². The predicted molar refractivity (Wildman–Crippen MR) is 279 cm³/mol. The first-order valence-corrected chi connectivity index (χ1v) is 24.6.